The molecule has 2 aromatic carbocycles. The Bertz CT molecular complexity index is 774. The van der Waals surface area contributed by atoms with Crippen LogP contribution in [0.4, 0.5) is 10.5 Å². The summed E-state index contributed by atoms with van der Waals surface area (Å²) >= 11 is 0. The zero-order chi connectivity index (χ0) is 17.9. The summed E-state index contributed by atoms with van der Waals surface area (Å²) in [5.74, 6) is 2.03. The molecule has 0 saturated heterocycles. The first-order valence-electron chi connectivity index (χ1n) is 8.12. The molecular weight excluding hydrogens is 320 g/mol. The minimum absolute atomic E-state index is 0.315. The lowest BCUT2D eigenvalue weighted by atomic mass is 9.94. The number of ether oxygens (including phenoxy) is 3. The van der Waals surface area contributed by atoms with Crippen LogP contribution in [0.25, 0.3) is 0 Å². The fourth-order valence-electron chi connectivity index (χ4n) is 2.69. The van der Waals surface area contributed by atoms with Crippen LogP contribution < -0.4 is 24.8 Å². The number of hydrogen-bond donors (Lipinski definition) is 2. The third-order valence-electron chi connectivity index (χ3n) is 4.05. The van der Waals surface area contributed by atoms with E-state index in [2.05, 4.69) is 10.6 Å². The molecule has 0 spiro atoms. The molecule has 2 amide bonds. The molecule has 0 aromatic heterocycles. The van der Waals surface area contributed by atoms with Gasteiger partial charge in [-0.25, -0.2) is 4.79 Å². The molecule has 0 bridgehead atoms. The van der Waals surface area contributed by atoms with Gasteiger partial charge in [0, 0.05) is 0 Å². The Hall–Kier alpha value is -2.89. The molecule has 0 fully saturated rings. The predicted molar refractivity (Wildman–Crippen MR) is 95.6 cm³/mol. The van der Waals surface area contributed by atoms with Gasteiger partial charge in [0.1, 0.15) is 19.0 Å². The van der Waals surface area contributed by atoms with E-state index in [0.29, 0.717) is 30.4 Å². The summed E-state index contributed by atoms with van der Waals surface area (Å²) in [6, 6.07) is 12.6. The van der Waals surface area contributed by atoms with Gasteiger partial charge in [0.15, 0.2) is 11.5 Å². The Morgan fingerprint density at radius 3 is 2.56 bits per heavy atom. The van der Waals surface area contributed by atoms with E-state index in [4.69, 9.17) is 14.2 Å². The molecule has 25 heavy (non-hydrogen) atoms. The van der Waals surface area contributed by atoms with Gasteiger partial charge in [-0.15, -0.1) is 0 Å². The van der Waals surface area contributed by atoms with Gasteiger partial charge in [-0.05, 0) is 43.7 Å². The van der Waals surface area contributed by atoms with Crippen LogP contribution >= 0.6 is 0 Å². The molecule has 1 heterocycles. The number of carbonyl (C=O) groups excluding carboxylic acids is 1. The average Bonchev–Trinajstić information content (AvgIpc) is 2.61. The monoisotopic (exact) mass is 342 g/mol. The molecule has 0 aliphatic carbocycles. The summed E-state index contributed by atoms with van der Waals surface area (Å²) < 4.78 is 16.4. The maximum Gasteiger partial charge on any atom is 0.320 e. The number of para-hydroxylation sites is 2. The van der Waals surface area contributed by atoms with Crippen molar-refractivity contribution in [3.05, 3.63) is 48.0 Å². The van der Waals surface area contributed by atoms with Crippen molar-refractivity contribution in [3.8, 4) is 17.2 Å². The van der Waals surface area contributed by atoms with Gasteiger partial charge in [0.25, 0.3) is 0 Å². The Labute approximate surface area is 147 Å². The minimum atomic E-state index is -0.595. The van der Waals surface area contributed by atoms with Crippen molar-refractivity contribution in [2.75, 3.05) is 25.6 Å². The van der Waals surface area contributed by atoms with Crippen LogP contribution in [-0.4, -0.2) is 26.4 Å². The van der Waals surface area contributed by atoms with Gasteiger partial charge in [-0.3, -0.25) is 0 Å². The first-order chi connectivity index (χ1) is 12.0. The number of urea groups is 1. The number of fused-ring (bicyclic) bond motifs is 1. The first-order valence-corrected chi connectivity index (χ1v) is 8.12. The van der Waals surface area contributed by atoms with E-state index in [1.54, 1.807) is 19.2 Å². The Kier molecular flexibility index (Phi) is 4.70. The maximum absolute atomic E-state index is 12.4. The van der Waals surface area contributed by atoms with E-state index in [-0.39, 0.29) is 6.03 Å². The van der Waals surface area contributed by atoms with Gasteiger partial charge in [-0.1, -0.05) is 18.2 Å². The summed E-state index contributed by atoms with van der Waals surface area (Å²) in [5, 5.41) is 5.80. The van der Waals surface area contributed by atoms with Gasteiger partial charge < -0.3 is 24.8 Å². The fourth-order valence-corrected chi connectivity index (χ4v) is 2.69. The Balaban J connectivity index is 1.73. The number of carbonyl (C=O) groups is 1. The van der Waals surface area contributed by atoms with Crippen molar-refractivity contribution in [2.45, 2.75) is 19.4 Å². The average molecular weight is 342 g/mol. The number of anilines is 1. The topological polar surface area (TPSA) is 68.8 Å². The second kappa shape index (κ2) is 6.93. The van der Waals surface area contributed by atoms with E-state index in [1.807, 2.05) is 44.2 Å². The van der Waals surface area contributed by atoms with Gasteiger partial charge in [0.2, 0.25) is 0 Å². The highest BCUT2D eigenvalue weighted by molar-refractivity contribution is 5.91. The third-order valence-corrected chi connectivity index (χ3v) is 4.05. The van der Waals surface area contributed by atoms with E-state index in [9.17, 15) is 4.79 Å². The number of benzene rings is 2. The van der Waals surface area contributed by atoms with Crippen molar-refractivity contribution in [3.63, 3.8) is 0 Å². The van der Waals surface area contributed by atoms with Gasteiger partial charge >= 0.3 is 6.03 Å². The third kappa shape index (κ3) is 3.79. The summed E-state index contributed by atoms with van der Waals surface area (Å²) in [6.45, 7) is 4.94. The second-order valence-electron chi connectivity index (χ2n) is 6.26. The van der Waals surface area contributed by atoms with Crippen LogP contribution in [0.5, 0.6) is 17.2 Å². The SMILES string of the molecule is COc1ccccc1NC(=O)NC(C)(C)c1ccc2c(c1)OCCO2. The lowest BCUT2D eigenvalue weighted by molar-refractivity contribution is 0.171. The molecule has 0 unspecified atom stereocenters. The molecule has 3 rings (SSSR count). The van der Waals surface area contributed by atoms with E-state index < -0.39 is 5.54 Å². The van der Waals surface area contributed by atoms with Crippen molar-refractivity contribution < 1.29 is 19.0 Å². The molecule has 2 N–H and O–H groups in total. The summed E-state index contributed by atoms with van der Waals surface area (Å²) in [6.07, 6.45) is 0. The van der Waals surface area contributed by atoms with Gasteiger partial charge in [-0.2, -0.15) is 0 Å². The molecule has 132 valence electrons. The molecule has 6 nitrogen and oxygen atoms in total. The smallest absolute Gasteiger partial charge is 0.320 e. The normalized spacial score (nSPS) is 13.1. The van der Waals surface area contributed by atoms with E-state index in [0.717, 1.165) is 11.3 Å². The molecule has 0 radical (unpaired) electrons. The molecule has 0 saturated carbocycles. The second-order valence-corrected chi connectivity index (χ2v) is 6.26. The first kappa shape index (κ1) is 17.0. The largest absolute Gasteiger partial charge is 0.495 e. The zero-order valence-electron chi connectivity index (χ0n) is 14.6. The molecule has 6 heteroatoms. The highest BCUT2D eigenvalue weighted by atomic mass is 16.6. The standard InChI is InChI=1S/C19H22N2O4/c1-19(2,13-8-9-16-17(12-13)25-11-10-24-16)21-18(22)20-14-6-4-5-7-15(14)23-3/h4-9,12H,10-11H2,1-3H3,(H2,20,21,22). The van der Waals surface area contributed by atoms with Crippen LogP contribution in [0.2, 0.25) is 0 Å². The fraction of sp³-hybridized carbons (Fsp3) is 0.316. The van der Waals surface area contributed by atoms with E-state index >= 15 is 0 Å². The summed E-state index contributed by atoms with van der Waals surface area (Å²) in [4.78, 5) is 12.4. The zero-order valence-corrected chi connectivity index (χ0v) is 14.6. The molecule has 1 aliphatic heterocycles. The lowest BCUT2D eigenvalue weighted by Crippen LogP contribution is -2.43. The van der Waals surface area contributed by atoms with Crippen LogP contribution in [-0.2, 0) is 5.54 Å². The molecule has 1 aliphatic rings. The molecule has 0 atom stereocenters. The van der Waals surface area contributed by atoms with E-state index in [1.165, 1.54) is 0 Å². The quantitative estimate of drug-likeness (QED) is 0.892. The van der Waals surface area contributed by atoms with Crippen LogP contribution in [0, 0.1) is 0 Å². The van der Waals surface area contributed by atoms with Crippen LogP contribution in [0.3, 0.4) is 0 Å². The van der Waals surface area contributed by atoms with Crippen molar-refractivity contribution in [1.29, 1.82) is 0 Å². The minimum Gasteiger partial charge on any atom is -0.495 e. The highest BCUT2D eigenvalue weighted by Crippen LogP contribution is 2.34. The summed E-state index contributed by atoms with van der Waals surface area (Å²) in [7, 11) is 1.57. The van der Waals surface area contributed by atoms with Crippen LogP contribution in [0.1, 0.15) is 19.4 Å². The highest BCUT2D eigenvalue weighted by Gasteiger charge is 2.25. The van der Waals surface area contributed by atoms with Crippen molar-refractivity contribution >= 4 is 11.7 Å². The Morgan fingerprint density at radius 2 is 1.80 bits per heavy atom. The number of nitrogens with one attached hydrogen (secondary N) is 2. The predicted octanol–water partition coefficient (Wildman–Crippen LogP) is 3.52. The number of methoxy groups -OCH3 is 1. The van der Waals surface area contributed by atoms with Gasteiger partial charge in [0.05, 0.1) is 18.3 Å². The Morgan fingerprint density at radius 1 is 1.08 bits per heavy atom. The van der Waals surface area contributed by atoms with Crippen LogP contribution in [0.15, 0.2) is 42.5 Å². The molecule has 2 aromatic rings. The number of rotatable bonds is 4. The van der Waals surface area contributed by atoms with Crippen molar-refractivity contribution in [2.24, 2.45) is 0 Å². The number of hydrogen-bond acceptors (Lipinski definition) is 4. The summed E-state index contributed by atoms with van der Waals surface area (Å²) in [5.41, 5.74) is 0.939. The maximum atomic E-state index is 12.4. The number of amides is 2. The van der Waals surface area contributed by atoms with Crippen molar-refractivity contribution in [1.82, 2.24) is 5.32 Å². The molecular formula is C19H22N2O4. The lowest BCUT2D eigenvalue weighted by Gasteiger charge is -2.29.